The van der Waals surface area contributed by atoms with Gasteiger partial charge in [-0.1, -0.05) is 6.42 Å². The predicted octanol–water partition coefficient (Wildman–Crippen LogP) is 3.39. The third-order valence-corrected chi connectivity index (χ3v) is 4.81. The molecule has 120 valence electrons. The number of halogens is 2. The highest BCUT2D eigenvalue weighted by atomic mass is 19.2. The zero-order valence-corrected chi connectivity index (χ0v) is 12.6. The molecule has 0 aromatic heterocycles. The zero-order chi connectivity index (χ0) is 15.5. The normalized spacial score (nSPS) is 25.5. The minimum absolute atomic E-state index is 0.0650. The summed E-state index contributed by atoms with van der Waals surface area (Å²) in [7, 11) is 0. The Bertz CT molecular complexity index is 547. The molecular formula is C17H21F2NO2. The summed E-state index contributed by atoms with van der Waals surface area (Å²) in [4.78, 5) is 14.5. The number of hydrogen-bond acceptors (Lipinski definition) is 3. The van der Waals surface area contributed by atoms with Crippen LogP contribution in [-0.2, 0) is 4.74 Å². The first-order chi connectivity index (χ1) is 10.6. The van der Waals surface area contributed by atoms with Crippen LogP contribution < -0.4 is 0 Å². The van der Waals surface area contributed by atoms with Crippen LogP contribution in [0.1, 0.15) is 42.5 Å². The molecule has 0 unspecified atom stereocenters. The highest BCUT2D eigenvalue weighted by Crippen LogP contribution is 2.31. The Labute approximate surface area is 129 Å². The highest BCUT2D eigenvalue weighted by Gasteiger charge is 2.33. The Morgan fingerprint density at radius 2 is 1.95 bits per heavy atom. The zero-order valence-electron chi connectivity index (χ0n) is 12.6. The van der Waals surface area contributed by atoms with Gasteiger partial charge >= 0.3 is 5.97 Å². The Morgan fingerprint density at radius 1 is 1.14 bits per heavy atom. The van der Waals surface area contributed by atoms with Crippen LogP contribution in [0, 0.1) is 17.6 Å². The van der Waals surface area contributed by atoms with Crippen LogP contribution >= 0.6 is 0 Å². The van der Waals surface area contributed by atoms with E-state index in [0.717, 1.165) is 44.5 Å². The van der Waals surface area contributed by atoms with Crippen molar-refractivity contribution in [2.45, 2.75) is 38.1 Å². The van der Waals surface area contributed by atoms with Crippen molar-refractivity contribution in [3.05, 3.63) is 35.4 Å². The lowest BCUT2D eigenvalue weighted by molar-refractivity contribution is 0.00735. The highest BCUT2D eigenvalue weighted by molar-refractivity contribution is 5.89. The molecule has 0 saturated carbocycles. The van der Waals surface area contributed by atoms with Gasteiger partial charge in [0.1, 0.15) is 0 Å². The fraction of sp³-hybridized carbons (Fsp3) is 0.588. The smallest absolute Gasteiger partial charge is 0.338 e. The third kappa shape index (κ3) is 3.29. The summed E-state index contributed by atoms with van der Waals surface area (Å²) in [5.74, 6) is -2.21. The summed E-state index contributed by atoms with van der Waals surface area (Å²) in [5.41, 5.74) is 0.0650. The number of fused-ring (bicyclic) bond motifs is 1. The average molecular weight is 309 g/mol. The minimum atomic E-state index is -1.02. The van der Waals surface area contributed by atoms with E-state index in [9.17, 15) is 13.6 Å². The second-order valence-electron chi connectivity index (χ2n) is 6.23. The minimum Gasteiger partial charge on any atom is -0.462 e. The summed E-state index contributed by atoms with van der Waals surface area (Å²) >= 11 is 0. The van der Waals surface area contributed by atoms with E-state index in [1.165, 1.54) is 18.9 Å². The molecule has 5 heteroatoms. The number of esters is 1. The first kappa shape index (κ1) is 15.4. The van der Waals surface area contributed by atoms with Gasteiger partial charge in [-0.15, -0.1) is 0 Å². The van der Waals surface area contributed by atoms with Gasteiger partial charge in [-0.2, -0.15) is 0 Å². The second-order valence-corrected chi connectivity index (χ2v) is 6.23. The van der Waals surface area contributed by atoms with Crippen molar-refractivity contribution < 1.29 is 18.3 Å². The molecule has 2 heterocycles. The quantitative estimate of drug-likeness (QED) is 0.802. The van der Waals surface area contributed by atoms with Crippen LogP contribution in [0.25, 0.3) is 0 Å². The molecule has 1 aromatic rings. The molecule has 3 nitrogen and oxygen atoms in total. The number of carbonyl (C=O) groups is 1. The molecule has 22 heavy (non-hydrogen) atoms. The van der Waals surface area contributed by atoms with Crippen molar-refractivity contribution in [1.82, 2.24) is 4.90 Å². The number of ether oxygens (including phenoxy) is 1. The van der Waals surface area contributed by atoms with Gasteiger partial charge in [0.2, 0.25) is 0 Å². The Morgan fingerprint density at radius 3 is 2.77 bits per heavy atom. The molecule has 1 aromatic carbocycles. The Kier molecular flexibility index (Phi) is 4.71. The molecule has 0 spiro atoms. The van der Waals surface area contributed by atoms with Crippen LogP contribution in [0.4, 0.5) is 8.78 Å². The number of nitrogens with zero attached hydrogens (tertiary/aromatic N) is 1. The molecule has 0 amide bonds. The van der Waals surface area contributed by atoms with Crippen LogP contribution in [0.3, 0.4) is 0 Å². The van der Waals surface area contributed by atoms with E-state index in [1.807, 2.05) is 0 Å². The molecule has 3 rings (SSSR count). The van der Waals surface area contributed by atoms with Crippen LogP contribution in [0.2, 0.25) is 0 Å². The first-order valence-corrected chi connectivity index (χ1v) is 8.01. The van der Waals surface area contributed by atoms with Crippen molar-refractivity contribution in [3.63, 3.8) is 0 Å². The van der Waals surface area contributed by atoms with E-state index in [1.54, 1.807) is 0 Å². The molecule has 2 fully saturated rings. The van der Waals surface area contributed by atoms with Gasteiger partial charge in [-0.25, -0.2) is 13.6 Å². The standard InChI is InChI=1S/C17H21F2NO2/c18-14-7-6-12(10-15(14)19)17(21)22-11-13-4-3-9-20-8-2-1-5-16(13)20/h6-7,10,13,16H,1-5,8-9,11H2/t13-,16-/m0/s1. The molecule has 0 aliphatic carbocycles. The van der Waals surface area contributed by atoms with Crippen LogP contribution in [0.15, 0.2) is 18.2 Å². The lowest BCUT2D eigenvalue weighted by Gasteiger charge is -2.44. The van der Waals surface area contributed by atoms with Crippen molar-refractivity contribution in [1.29, 1.82) is 0 Å². The summed E-state index contributed by atoms with van der Waals surface area (Å²) in [6, 6.07) is 3.61. The van der Waals surface area contributed by atoms with Gasteiger partial charge in [0.25, 0.3) is 0 Å². The predicted molar refractivity (Wildman–Crippen MR) is 78.6 cm³/mol. The van der Waals surface area contributed by atoms with E-state index >= 15 is 0 Å². The van der Waals surface area contributed by atoms with Crippen molar-refractivity contribution >= 4 is 5.97 Å². The lowest BCUT2D eigenvalue weighted by atomic mass is 9.84. The molecule has 2 aliphatic rings. The largest absolute Gasteiger partial charge is 0.462 e. The molecule has 0 N–H and O–H groups in total. The van der Waals surface area contributed by atoms with Gasteiger partial charge in [-0.3, -0.25) is 4.90 Å². The number of benzene rings is 1. The molecule has 2 atom stereocenters. The van der Waals surface area contributed by atoms with E-state index in [2.05, 4.69) is 4.90 Å². The summed E-state index contributed by atoms with van der Waals surface area (Å²) in [5, 5.41) is 0. The fourth-order valence-corrected chi connectivity index (χ4v) is 3.66. The maximum absolute atomic E-state index is 13.2. The molecular weight excluding hydrogens is 288 g/mol. The van der Waals surface area contributed by atoms with Gasteiger partial charge in [-0.05, 0) is 57.0 Å². The maximum Gasteiger partial charge on any atom is 0.338 e. The van der Waals surface area contributed by atoms with E-state index in [-0.39, 0.29) is 5.56 Å². The maximum atomic E-state index is 13.2. The Balaban J connectivity index is 1.59. The molecule has 0 bridgehead atoms. The van der Waals surface area contributed by atoms with Gasteiger partial charge in [0.05, 0.1) is 12.2 Å². The van der Waals surface area contributed by atoms with Crippen LogP contribution in [0.5, 0.6) is 0 Å². The van der Waals surface area contributed by atoms with E-state index in [4.69, 9.17) is 4.74 Å². The van der Waals surface area contributed by atoms with E-state index < -0.39 is 17.6 Å². The number of hydrogen-bond donors (Lipinski definition) is 0. The monoisotopic (exact) mass is 309 g/mol. The first-order valence-electron chi connectivity index (χ1n) is 8.01. The van der Waals surface area contributed by atoms with Gasteiger partial charge < -0.3 is 4.74 Å². The van der Waals surface area contributed by atoms with Crippen molar-refractivity contribution in [2.24, 2.45) is 5.92 Å². The number of carbonyl (C=O) groups excluding carboxylic acids is 1. The topological polar surface area (TPSA) is 29.5 Å². The second kappa shape index (κ2) is 6.73. The summed E-state index contributed by atoms with van der Waals surface area (Å²) in [6.45, 7) is 2.63. The van der Waals surface area contributed by atoms with Crippen molar-refractivity contribution in [2.75, 3.05) is 19.7 Å². The third-order valence-electron chi connectivity index (χ3n) is 4.81. The van der Waals surface area contributed by atoms with Crippen molar-refractivity contribution in [3.8, 4) is 0 Å². The number of rotatable bonds is 3. The lowest BCUT2D eigenvalue weighted by Crippen LogP contribution is -2.49. The Hall–Kier alpha value is -1.49. The van der Waals surface area contributed by atoms with Gasteiger partial charge in [0.15, 0.2) is 11.6 Å². The van der Waals surface area contributed by atoms with Gasteiger partial charge in [0, 0.05) is 12.0 Å². The molecule has 2 aliphatic heterocycles. The fourth-order valence-electron chi connectivity index (χ4n) is 3.66. The van der Waals surface area contributed by atoms with E-state index in [0.29, 0.717) is 18.6 Å². The number of piperidine rings is 2. The molecule has 2 saturated heterocycles. The molecule has 0 radical (unpaired) electrons. The SMILES string of the molecule is O=C(OC[C@@H]1CCCN2CCCC[C@@H]12)c1ccc(F)c(F)c1. The van der Waals surface area contributed by atoms with Crippen LogP contribution in [-0.4, -0.2) is 36.6 Å². The summed E-state index contributed by atoms with van der Waals surface area (Å²) in [6.07, 6.45) is 5.83. The average Bonchev–Trinajstić information content (AvgIpc) is 2.55. The summed E-state index contributed by atoms with van der Waals surface area (Å²) < 4.78 is 31.4.